The summed E-state index contributed by atoms with van der Waals surface area (Å²) in [4.78, 5) is 23.2. The largest absolute Gasteiger partial charge is 0.481 e. The van der Waals surface area contributed by atoms with Crippen LogP contribution in [-0.4, -0.2) is 17.0 Å². The van der Waals surface area contributed by atoms with Gasteiger partial charge >= 0.3 is 5.97 Å². The Hall–Kier alpha value is -3.11. The van der Waals surface area contributed by atoms with Gasteiger partial charge in [0.1, 0.15) is 0 Å². The van der Waals surface area contributed by atoms with Crippen molar-refractivity contribution in [1.29, 1.82) is 0 Å². The number of hydrogen-bond donors (Lipinski definition) is 2. The molecule has 1 atom stereocenters. The van der Waals surface area contributed by atoms with Gasteiger partial charge in [0.25, 0.3) is 0 Å². The van der Waals surface area contributed by atoms with E-state index in [1.165, 1.54) is 0 Å². The molecule has 0 fully saturated rings. The van der Waals surface area contributed by atoms with Crippen LogP contribution in [0, 0.1) is 6.92 Å². The summed E-state index contributed by atoms with van der Waals surface area (Å²) >= 11 is 6.34. The van der Waals surface area contributed by atoms with Crippen LogP contribution in [0.25, 0.3) is 11.1 Å². The van der Waals surface area contributed by atoms with Crippen LogP contribution < -0.4 is 5.32 Å². The van der Waals surface area contributed by atoms with E-state index in [9.17, 15) is 9.59 Å². The molecule has 0 saturated carbocycles. The van der Waals surface area contributed by atoms with E-state index in [0.717, 1.165) is 45.4 Å². The quantitative estimate of drug-likeness (QED) is 0.491. The lowest BCUT2D eigenvalue weighted by Crippen LogP contribution is -2.45. The second-order valence-corrected chi connectivity index (χ2v) is 8.97. The van der Waals surface area contributed by atoms with E-state index in [1.54, 1.807) is 6.92 Å². The molecule has 0 spiro atoms. The molecule has 1 aliphatic carbocycles. The smallest absolute Gasteiger partial charge is 0.303 e. The van der Waals surface area contributed by atoms with Crippen LogP contribution in [0.2, 0.25) is 5.02 Å². The summed E-state index contributed by atoms with van der Waals surface area (Å²) in [6, 6.07) is 20.3. The van der Waals surface area contributed by atoms with Crippen LogP contribution in [0.4, 0.5) is 0 Å². The molecular formula is C27H26ClNO3. The first-order valence-electron chi connectivity index (χ1n) is 10.8. The topological polar surface area (TPSA) is 66.4 Å². The van der Waals surface area contributed by atoms with Gasteiger partial charge in [-0.2, -0.15) is 0 Å². The molecule has 3 aromatic rings. The SMILES string of the molecule is CC(=O)NC1(CCc2ccc(CCC(=O)O)cc2)c2ccc(C)cc2-c2cc(Cl)ccc21. The van der Waals surface area contributed by atoms with Crippen molar-refractivity contribution < 1.29 is 14.7 Å². The molecule has 1 unspecified atom stereocenters. The fourth-order valence-corrected chi connectivity index (χ4v) is 4.90. The summed E-state index contributed by atoms with van der Waals surface area (Å²) in [6.07, 6.45) is 2.10. The number of carbonyl (C=O) groups is 2. The van der Waals surface area contributed by atoms with Crippen molar-refractivity contribution in [3.63, 3.8) is 0 Å². The average molecular weight is 448 g/mol. The zero-order chi connectivity index (χ0) is 22.9. The first kappa shape index (κ1) is 22.1. The fraction of sp³-hybridized carbons (Fsp3) is 0.259. The molecule has 0 radical (unpaired) electrons. The summed E-state index contributed by atoms with van der Waals surface area (Å²) in [6.45, 7) is 3.62. The maximum Gasteiger partial charge on any atom is 0.303 e. The fourth-order valence-electron chi connectivity index (χ4n) is 4.73. The van der Waals surface area contributed by atoms with E-state index in [1.807, 2.05) is 42.5 Å². The van der Waals surface area contributed by atoms with Gasteiger partial charge in [0.2, 0.25) is 5.91 Å². The number of carboxylic acid groups (broad SMARTS) is 1. The Morgan fingerprint density at radius 2 is 1.50 bits per heavy atom. The molecule has 0 aromatic heterocycles. The monoisotopic (exact) mass is 447 g/mol. The second-order valence-electron chi connectivity index (χ2n) is 8.54. The van der Waals surface area contributed by atoms with Crippen molar-refractivity contribution in [3.8, 4) is 11.1 Å². The van der Waals surface area contributed by atoms with E-state index in [0.29, 0.717) is 17.9 Å². The van der Waals surface area contributed by atoms with E-state index >= 15 is 0 Å². The van der Waals surface area contributed by atoms with Gasteiger partial charge in [-0.25, -0.2) is 0 Å². The van der Waals surface area contributed by atoms with E-state index in [2.05, 4.69) is 30.4 Å². The standard InChI is InChI=1S/C27H26ClNO3/c1-17-3-10-24-22(15-17)23-16-21(28)9-11-25(23)27(24,29-18(2)30)14-13-20-6-4-19(5-7-20)8-12-26(31)32/h3-7,9-11,15-16H,8,12-14H2,1-2H3,(H,29,30)(H,31,32). The summed E-state index contributed by atoms with van der Waals surface area (Å²) < 4.78 is 0. The van der Waals surface area contributed by atoms with Crippen molar-refractivity contribution >= 4 is 23.5 Å². The molecule has 1 aliphatic rings. The van der Waals surface area contributed by atoms with Gasteiger partial charge in [0.15, 0.2) is 0 Å². The number of aryl methyl sites for hydroxylation is 3. The van der Waals surface area contributed by atoms with Crippen molar-refractivity contribution in [2.75, 3.05) is 0 Å². The summed E-state index contributed by atoms with van der Waals surface area (Å²) in [7, 11) is 0. The van der Waals surface area contributed by atoms with Crippen LogP contribution in [0.15, 0.2) is 60.7 Å². The first-order valence-corrected chi connectivity index (χ1v) is 11.2. The molecular weight excluding hydrogens is 422 g/mol. The molecule has 2 N–H and O–H groups in total. The number of nitrogens with one attached hydrogen (secondary N) is 1. The summed E-state index contributed by atoms with van der Waals surface area (Å²) in [5.74, 6) is -0.872. The Kier molecular flexibility index (Phi) is 6.07. The highest BCUT2D eigenvalue weighted by atomic mass is 35.5. The second kappa shape index (κ2) is 8.79. The molecule has 0 bridgehead atoms. The van der Waals surface area contributed by atoms with Crippen molar-refractivity contribution in [2.24, 2.45) is 0 Å². The Labute approximate surface area is 193 Å². The number of hydrogen-bond acceptors (Lipinski definition) is 2. The number of carboxylic acids is 1. The predicted molar refractivity (Wildman–Crippen MR) is 127 cm³/mol. The Bertz CT molecular complexity index is 1130. The van der Waals surface area contributed by atoms with E-state index < -0.39 is 11.5 Å². The van der Waals surface area contributed by atoms with Crippen LogP contribution in [0.3, 0.4) is 0 Å². The first-order chi connectivity index (χ1) is 15.3. The lowest BCUT2D eigenvalue weighted by atomic mass is 9.81. The minimum atomic E-state index is -0.791. The molecule has 32 heavy (non-hydrogen) atoms. The number of benzene rings is 3. The Balaban J connectivity index is 1.69. The highest BCUT2D eigenvalue weighted by Crippen LogP contribution is 2.50. The van der Waals surface area contributed by atoms with Gasteiger partial charge < -0.3 is 10.4 Å². The number of carbonyl (C=O) groups excluding carboxylic acids is 1. The maximum atomic E-state index is 12.4. The molecule has 164 valence electrons. The van der Waals surface area contributed by atoms with Gasteiger partial charge in [-0.05, 0) is 71.7 Å². The number of halogens is 1. The minimum Gasteiger partial charge on any atom is -0.481 e. The van der Waals surface area contributed by atoms with Crippen LogP contribution in [0.5, 0.6) is 0 Å². The Morgan fingerprint density at radius 1 is 0.906 bits per heavy atom. The summed E-state index contributed by atoms with van der Waals surface area (Å²) in [5.41, 5.74) is 7.01. The maximum absolute atomic E-state index is 12.4. The zero-order valence-electron chi connectivity index (χ0n) is 18.2. The van der Waals surface area contributed by atoms with E-state index in [4.69, 9.17) is 16.7 Å². The van der Waals surface area contributed by atoms with Gasteiger partial charge in [0, 0.05) is 18.4 Å². The molecule has 1 amide bonds. The van der Waals surface area contributed by atoms with Crippen molar-refractivity contribution in [1.82, 2.24) is 5.32 Å². The highest BCUT2D eigenvalue weighted by Gasteiger charge is 2.43. The number of amides is 1. The number of aliphatic carboxylic acids is 1. The normalized spacial score (nSPS) is 16.3. The third-order valence-corrected chi connectivity index (χ3v) is 6.43. The molecule has 4 rings (SSSR count). The van der Waals surface area contributed by atoms with Gasteiger partial charge in [-0.15, -0.1) is 0 Å². The minimum absolute atomic E-state index is 0.0802. The average Bonchev–Trinajstić information content (AvgIpc) is 2.99. The van der Waals surface area contributed by atoms with Gasteiger partial charge in [-0.3, -0.25) is 9.59 Å². The van der Waals surface area contributed by atoms with E-state index in [-0.39, 0.29) is 12.3 Å². The number of rotatable bonds is 7. The molecule has 0 aliphatic heterocycles. The lowest BCUT2D eigenvalue weighted by Gasteiger charge is -2.33. The molecule has 0 heterocycles. The molecule has 4 nitrogen and oxygen atoms in total. The van der Waals surface area contributed by atoms with Gasteiger partial charge in [0.05, 0.1) is 5.54 Å². The third kappa shape index (κ3) is 4.28. The van der Waals surface area contributed by atoms with Crippen LogP contribution in [-0.2, 0) is 28.0 Å². The molecule has 5 heteroatoms. The predicted octanol–water partition coefficient (Wildman–Crippen LogP) is 5.66. The van der Waals surface area contributed by atoms with Crippen molar-refractivity contribution in [3.05, 3.63) is 93.5 Å². The van der Waals surface area contributed by atoms with Crippen LogP contribution in [0.1, 0.15) is 47.6 Å². The Morgan fingerprint density at radius 3 is 2.12 bits per heavy atom. The molecule has 3 aromatic carbocycles. The van der Waals surface area contributed by atoms with Crippen molar-refractivity contribution in [2.45, 2.75) is 45.1 Å². The third-order valence-electron chi connectivity index (χ3n) is 6.20. The highest BCUT2D eigenvalue weighted by molar-refractivity contribution is 6.31. The zero-order valence-corrected chi connectivity index (χ0v) is 19.0. The number of fused-ring (bicyclic) bond motifs is 3. The van der Waals surface area contributed by atoms with Crippen LogP contribution >= 0.6 is 11.6 Å². The summed E-state index contributed by atoms with van der Waals surface area (Å²) in [5, 5.41) is 12.8. The lowest BCUT2D eigenvalue weighted by molar-refractivity contribution is -0.137. The van der Waals surface area contributed by atoms with Gasteiger partial charge in [-0.1, -0.05) is 65.7 Å². The molecule has 0 saturated heterocycles.